The van der Waals surface area contributed by atoms with Crippen molar-refractivity contribution in [3.05, 3.63) is 181 Å². The lowest BCUT2D eigenvalue weighted by molar-refractivity contribution is -0.135. The van der Waals surface area contributed by atoms with E-state index in [1.807, 2.05) is 76.6 Å². The Bertz CT molecular complexity index is 2970. The van der Waals surface area contributed by atoms with Gasteiger partial charge in [0.25, 0.3) is 5.91 Å². The van der Waals surface area contributed by atoms with Gasteiger partial charge in [-0.05, 0) is 95.1 Å². The number of carbonyl (C=O) groups excluding carboxylic acids is 2. The number of nitrogens with one attached hydrogen (secondary N) is 2. The van der Waals surface area contributed by atoms with E-state index in [1.54, 1.807) is 12.5 Å². The van der Waals surface area contributed by atoms with E-state index >= 15 is 0 Å². The Morgan fingerprint density at radius 3 is 2.03 bits per heavy atom. The van der Waals surface area contributed by atoms with E-state index < -0.39 is 6.04 Å². The van der Waals surface area contributed by atoms with Crippen LogP contribution in [0.25, 0.3) is 44.2 Å². The number of carbonyl (C=O) groups is 2. The SMILES string of the molecule is O=C(C(c1ccccc1)C1C=NC=CC1)N1CCC[C@H]1c1cc2ccc(-c3ccc(-c4ccc5nc([C@@H]6CCCN6C(=O)C(c6ccccc6)n6ccnc6)[nH]c5c4)cc3)cc2[nH]1. The van der Waals surface area contributed by atoms with Crippen LogP contribution in [0.15, 0.2) is 163 Å². The van der Waals surface area contributed by atoms with Gasteiger partial charge < -0.3 is 24.3 Å². The van der Waals surface area contributed by atoms with E-state index in [4.69, 9.17) is 4.98 Å². The van der Waals surface area contributed by atoms with Gasteiger partial charge in [-0.3, -0.25) is 14.6 Å². The zero-order valence-electron chi connectivity index (χ0n) is 34.9. The van der Waals surface area contributed by atoms with Crippen molar-refractivity contribution in [2.75, 3.05) is 13.1 Å². The van der Waals surface area contributed by atoms with E-state index in [9.17, 15) is 9.59 Å². The summed E-state index contributed by atoms with van der Waals surface area (Å²) in [6, 6.07) is 43.3. The topological polar surface area (TPSA) is 115 Å². The average molecular weight is 829 g/mol. The van der Waals surface area contributed by atoms with Crippen molar-refractivity contribution in [3.8, 4) is 22.3 Å². The van der Waals surface area contributed by atoms with Gasteiger partial charge in [0.15, 0.2) is 0 Å². The molecule has 10 heteroatoms. The summed E-state index contributed by atoms with van der Waals surface area (Å²) in [5.41, 5.74) is 10.4. The third kappa shape index (κ3) is 7.35. The number of aromatic amines is 2. The molecule has 3 unspecified atom stereocenters. The zero-order valence-corrected chi connectivity index (χ0v) is 34.9. The number of nitrogens with zero attached hydrogens (tertiary/aromatic N) is 6. The largest absolute Gasteiger partial charge is 0.357 e. The number of H-pyrrole nitrogens is 2. The Hall–Kier alpha value is -7.33. The zero-order chi connectivity index (χ0) is 42.3. The number of fused-ring (bicyclic) bond motifs is 2. The molecule has 2 amide bonds. The molecule has 5 atom stereocenters. The molecule has 6 heterocycles. The molecule has 3 aliphatic heterocycles. The lowest BCUT2D eigenvalue weighted by atomic mass is 9.82. The Balaban J connectivity index is 0.807. The van der Waals surface area contributed by atoms with Crippen LogP contribution in [0.1, 0.15) is 78.8 Å². The lowest BCUT2D eigenvalue weighted by Crippen LogP contribution is -2.38. The van der Waals surface area contributed by atoms with E-state index in [-0.39, 0.29) is 35.7 Å². The molecule has 2 N–H and O–H groups in total. The van der Waals surface area contributed by atoms with Crippen LogP contribution >= 0.6 is 0 Å². The quantitative estimate of drug-likeness (QED) is 0.143. The molecule has 3 aromatic heterocycles. The van der Waals surface area contributed by atoms with Crippen LogP contribution in [-0.2, 0) is 9.59 Å². The number of hydrogen-bond donors (Lipinski definition) is 2. The molecule has 0 bridgehead atoms. The predicted octanol–water partition coefficient (Wildman–Crippen LogP) is 10.6. The molecule has 5 aromatic carbocycles. The second-order valence-corrected chi connectivity index (χ2v) is 17.1. The van der Waals surface area contributed by atoms with E-state index in [1.165, 1.54) is 0 Å². The molecular weight excluding hydrogens is 781 g/mol. The monoisotopic (exact) mass is 828 g/mol. The minimum atomic E-state index is -0.491. The number of likely N-dealkylation sites (tertiary alicyclic amines) is 2. The molecular formula is C53H48N8O2. The number of allylic oxidation sites excluding steroid dienone is 1. The molecule has 0 spiro atoms. The first kappa shape index (κ1) is 38.6. The summed E-state index contributed by atoms with van der Waals surface area (Å²) in [4.78, 5) is 53.9. The molecule has 10 nitrogen and oxygen atoms in total. The summed E-state index contributed by atoms with van der Waals surface area (Å²) >= 11 is 0. The van der Waals surface area contributed by atoms with Crippen LogP contribution < -0.4 is 0 Å². The summed E-state index contributed by atoms with van der Waals surface area (Å²) in [5.74, 6) is 0.796. The maximum Gasteiger partial charge on any atom is 0.250 e. The molecule has 63 heavy (non-hydrogen) atoms. The van der Waals surface area contributed by atoms with Gasteiger partial charge in [0.1, 0.15) is 11.9 Å². The van der Waals surface area contributed by atoms with E-state index in [0.717, 1.165) is 105 Å². The summed E-state index contributed by atoms with van der Waals surface area (Å²) in [5, 5.41) is 1.14. The normalized spacial score (nSPS) is 19.6. The van der Waals surface area contributed by atoms with Crippen molar-refractivity contribution >= 4 is 40.0 Å². The Morgan fingerprint density at radius 2 is 1.33 bits per heavy atom. The van der Waals surface area contributed by atoms with Gasteiger partial charge in [0.2, 0.25) is 5.91 Å². The first-order valence-corrected chi connectivity index (χ1v) is 22.2. The van der Waals surface area contributed by atoms with Crippen LogP contribution in [0.2, 0.25) is 0 Å². The van der Waals surface area contributed by atoms with Crippen LogP contribution in [0.5, 0.6) is 0 Å². The van der Waals surface area contributed by atoms with Gasteiger partial charge >= 0.3 is 0 Å². The maximum absolute atomic E-state index is 14.5. The first-order valence-electron chi connectivity index (χ1n) is 22.2. The third-order valence-corrected chi connectivity index (χ3v) is 13.3. The average Bonchev–Trinajstić information content (AvgIpc) is 4.20. The van der Waals surface area contributed by atoms with E-state index in [0.29, 0.717) is 6.54 Å². The number of hydrogen-bond acceptors (Lipinski definition) is 5. The summed E-state index contributed by atoms with van der Waals surface area (Å²) in [6.07, 6.45) is 15.6. The van der Waals surface area contributed by atoms with Crippen molar-refractivity contribution in [1.29, 1.82) is 0 Å². The lowest BCUT2D eigenvalue weighted by Gasteiger charge is -2.32. The Kier molecular flexibility index (Phi) is 10.1. The predicted molar refractivity (Wildman–Crippen MR) is 248 cm³/mol. The number of aromatic nitrogens is 5. The molecule has 0 saturated carbocycles. The summed E-state index contributed by atoms with van der Waals surface area (Å²) in [7, 11) is 0. The van der Waals surface area contributed by atoms with Crippen molar-refractivity contribution in [2.45, 2.75) is 56.1 Å². The molecule has 312 valence electrons. The van der Waals surface area contributed by atoms with Gasteiger partial charge in [-0.1, -0.05) is 109 Å². The molecule has 0 radical (unpaired) electrons. The van der Waals surface area contributed by atoms with Crippen molar-refractivity contribution < 1.29 is 9.59 Å². The number of aliphatic imine (C=N–C) groups is 1. The smallest absolute Gasteiger partial charge is 0.250 e. The molecule has 2 fully saturated rings. The van der Waals surface area contributed by atoms with Crippen molar-refractivity contribution in [3.63, 3.8) is 0 Å². The summed E-state index contributed by atoms with van der Waals surface area (Å²) < 4.78 is 1.89. The van der Waals surface area contributed by atoms with Crippen LogP contribution in [0, 0.1) is 5.92 Å². The highest BCUT2D eigenvalue weighted by Gasteiger charge is 2.39. The van der Waals surface area contributed by atoms with Crippen LogP contribution in [-0.4, -0.2) is 65.4 Å². The van der Waals surface area contributed by atoms with Gasteiger partial charge in [0.05, 0.1) is 35.4 Å². The number of imidazole rings is 2. The second kappa shape index (κ2) is 16.5. The standard InChI is InChI=1S/C53H48N8O2/c62-52(49(37-10-3-1-4-11-37)42-14-7-25-54-33-42)60-27-8-15-47(60)46-32-41-22-21-39(30-44(41)56-46)35-17-19-36(20-18-35)40-23-24-43-45(31-40)58-51(57-43)48-16-9-28-61(48)53(63)50(59-29-26-55-34-59)38-12-5-2-6-13-38/h1-7,10-13,17-26,29-34,42,47-50,56H,8-9,14-16,27-28H2,(H,57,58)/t42?,47-,48-,49?,50?/m0/s1. The minimum absolute atomic E-state index is 0.00216. The highest BCUT2D eigenvalue weighted by atomic mass is 16.2. The van der Waals surface area contributed by atoms with Crippen LogP contribution in [0.3, 0.4) is 0 Å². The molecule has 8 aromatic rings. The molecule has 11 rings (SSSR count). The number of rotatable bonds is 10. The van der Waals surface area contributed by atoms with Gasteiger partial charge in [-0.25, -0.2) is 9.97 Å². The first-order chi connectivity index (χ1) is 31.1. The fourth-order valence-electron chi connectivity index (χ4n) is 10.2. The van der Waals surface area contributed by atoms with E-state index in [2.05, 4.69) is 110 Å². The number of benzene rings is 5. The molecule has 3 aliphatic rings. The fraction of sp³-hybridized carbons (Fsp3) is 0.226. The van der Waals surface area contributed by atoms with Gasteiger partial charge in [0, 0.05) is 55.0 Å². The Labute approximate surface area is 366 Å². The summed E-state index contributed by atoms with van der Waals surface area (Å²) in [6.45, 7) is 1.43. The van der Waals surface area contributed by atoms with Gasteiger partial charge in [-0.2, -0.15) is 0 Å². The highest BCUT2D eigenvalue weighted by molar-refractivity contribution is 5.90. The second-order valence-electron chi connectivity index (χ2n) is 17.1. The molecule has 0 aliphatic carbocycles. The highest BCUT2D eigenvalue weighted by Crippen LogP contribution is 2.40. The fourth-order valence-corrected chi connectivity index (χ4v) is 10.2. The third-order valence-electron chi connectivity index (χ3n) is 13.3. The number of amides is 2. The van der Waals surface area contributed by atoms with Crippen molar-refractivity contribution in [1.82, 2.24) is 34.3 Å². The minimum Gasteiger partial charge on any atom is -0.357 e. The van der Waals surface area contributed by atoms with Crippen molar-refractivity contribution in [2.24, 2.45) is 10.9 Å². The molecule has 2 saturated heterocycles. The Morgan fingerprint density at radius 1 is 0.667 bits per heavy atom. The van der Waals surface area contributed by atoms with Crippen LogP contribution in [0.4, 0.5) is 0 Å². The van der Waals surface area contributed by atoms with Gasteiger partial charge in [-0.15, -0.1) is 0 Å². The maximum atomic E-state index is 14.5.